The number of anilines is 2. The smallest absolute Gasteiger partial charge is 0.128 e. The summed E-state index contributed by atoms with van der Waals surface area (Å²) in [6.07, 6.45) is 6.34. The summed E-state index contributed by atoms with van der Waals surface area (Å²) >= 11 is 0. The quantitative estimate of drug-likeness (QED) is 0.844. The minimum absolute atomic E-state index is 1.01. The highest BCUT2D eigenvalue weighted by Crippen LogP contribution is 2.14. The first-order valence-corrected chi connectivity index (χ1v) is 8.54. The van der Waals surface area contributed by atoms with E-state index in [1.165, 1.54) is 11.3 Å². The maximum Gasteiger partial charge on any atom is 0.128 e. The van der Waals surface area contributed by atoms with Crippen molar-refractivity contribution in [1.29, 1.82) is 0 Å². The molecule has 4 nitrogen and oxygen atoms in total. The number of rotatable bonds is 5. The summed E-state index contributed by atoms with van der Waals surface area (Å²) < 4.78 is 0. The zero-order valence-corrected chi connectivity index (χ0v) is 14.6. The number of piperazine rings is 1. The van der Waals surface area contributed by atoms with E-state index >= 15 is 0 Å². The molecule has 1 aliphatic heterocycles. The molecule has 0 aliphatic carbocycles. The minimum atomic E-state index is 1.01. The van der Waals surface area contributed by atoms with Gasteiger partial charge in [0.05, 0.1) is 0 Å². The van der Waals surface area contributed by atoms with E-state index in [0.717, 1.165) is 38.5 Å². The third kappa shape index (κ3) is 4.36. The Bertz CT molecular complexity index is 641. The average Bonchev–Trinajstić information content (AvgIpc) is 2.63. The van der Waals surface area contributed by atoms with Gasteiger partial charge in [0, 0.05) is 58.7 Å². The van der Waals surface area contributed by atoms with E-state index in [1.54, 1.807) is 0 Å². The van der Waals surface area contributed by atoms with Gasteiger partial charge >= 0.3 is 0 Å². The second kappa shape index (κ2) is 7.97. The van der Waals surface area contributed by atoms with Crippen molar-refractivity contribution in [2.75, 3.05) is 56.6 Å². The number of hydrogen-bond acceptors (Lipinski definition) is 4. The molecule has 0 spiro atoms. The lowest BCUT2D eigenvalue weighted by Crippen LogP contribution is -2.46. The fourth-order valence-electron chi connectivity index (χ4n) is 2.92. The molecular formula is C20H26N4. The van der Waals surface area contributed by atoms with Gasteiger partial charge in [0.2, 0.25) is 0 Å². The predicted octanol–water partition coefficient (Wildman–Crippen LogP) is 2.98. The van der Waals surface area contributed by atoms with Crippen molar-refractivity contribution in [2.45, 2.75) is 0 Å². The Kier molecular flexibility index (Phi) is 5.49. The highest BCUT2D eigenvalue weighted by atomic mass is 15.3. The second-order valence-electron chi connectivity index (χ2n) is 6.36. The third-order valence-corrected chi connectivity index (χ3v) is 4.43. The van der Waals surface area contributed by atoms with Gasteiger partial charge < -0.3 is 9.80 Å². The lowest BCUT2D eigenvalue weighted by atomic mass is 10.2. The highest BCUT2D eigenvalue weighted by molar-refractivity contribution is 5.55. The van der Waals surface area contributed by atoms with E-state index in [9.17, 15) is 0 Å². The molecule has 0 saturated carbocycles. The Morgan fingerprint density at radius 2 is 1.75 bits per heavy atom. The molecule has 2 aromatic rings. The van der Waals surface area contributed by atoms with E-state index in [-0.39, 0.29) is 0 Å². The van der Waals surface area contributed by atoms with E-state index in [0.29, 0.717) is 0 Å². The molecule has 1 aliphatic rings. The Morgan fingerprint density at radius 3 is 2.38 bits per heavy atom. The minimum Gasteiger partial charge on any atom is -0.378 e. The molecule has 0 atom stereocenters. The van der Waals surface area contributed by atoms with Gasteiger partial charge in [0.1, 0.15) is 5.82 Å². The fraction of sp³-hybridized carbons (Fsp3) is 0.350. The monoisotopic (exact) mass is 322 g/mol. The summed E-state index contributed by atoms with van der Waals surface area (Å²) in [5, 5.41) is 0. The second-order valence-corrected chi connectivity index (χ2v) is 6.36. The standard InChI is InChI=1S/C20H26N4/c1-22(2)19-10-8-18(9-11-19)6-5-13-23-14-16-24(17-15-23)20-7-3-4-12-21-20/h3-12H,13-17H2,1-2H3. The van der Waals surface area contributed by atoms with Gasteiger partial charge in [-0.15, -0.1) is 0 Å². The van der Waals surface area contributed by atoms with Gasteiger partial charge in [-0.2, -0.15) is 0 Å². The van der Waals surface area contributed by atoms with Crippen molar-refractivity contribution in [3.05, 3.63) is 60.3 Å². The molecule has 1 saturated heterocycles. The summed E-state index contributed by atoms with van der Waals surface area (Å²) in [5.74, 6) is 1.09. The van der Waals surface area contributed by atoms with Crippen LogP contribution in [-0.2, 0) is 0 Å². The Labute approximate surface area is 145 Å². The normalized spacial score (nSPS) is 15.8. The first-order valence-electron chi connectivity index (χ1n) is 8.54. The molecule has 4 heteroatoms. The van der Waals surface area contributed by atoms with Crippen molar-refractivity contribution in [2.24, 2.45) is 0 Å². The van der Waals surface area contributed by atoms with Crippen molar-refractivity contribution >= 4 is 17.6 Å². The van der Waals surface area contributed by atoms with Crippen LogP contribution in [0.15, 0.2) is 54.7 Å². The number of pyridine rings is 1. The number of benzene rings is 1. The van der Waals surface area contributed by atoms with Crippen LogP contribution >= 0.6 is 0 Å². The molecule has 24 heavy (non-hydrogen) atoms. The predicted molar refractivity (Wildman–Crippen MR) is 103 cm³/mol. The molecular weight excluding hydrogens is 296 g/mol. The highest BCUT2D eigenvalue weighted by Gasteiger charge is 2.16. The molecule has 1 aromatic carbocycles. The van der Waals surface area contributed by atoms with Crippen molar-refractivity contribution in [3.8, 4) is 0 Å². The molecule has 2 heterocycles. The molecule has 0 amide bonds. The Morgan fingerprint density at radius 1 is 1.00 bits per heavy atom. The maximum absolute atomic E-state index is 4.44. The fourth-order valence-corrected chi connectivity index (χ4v) is 2.92. The summed E-state index contributed by atoms with van der Waals surface area (Å²) in [6.45, 7) is 5.26. The van der Waals surface area contributed by atoms with Gasteiger partial charge in [-0.3, -0.25) is 4.90 Å². The largest absolute Gasteiger partial charge is 0.378 e. The van der Waals surface area contributed by atoms with Crippen LogP contribution in [0.4, 0.5) is 11.5 Å². The van der Waals surface area contributed by atoms with E-state index < -0.39 is 0 Å². The molecule has 1 aromatic heterocycles. The van der Waals surface area contributed by atoms with Crippen LogP contribution in [0.2, 0.25) is 0 Å². The number of aromatic nitrogens is 1. The summed E-state index contributed by atoms with van der Waals surface area (Å²) in [7, 11) is 4.13. The first kappa shape index (κ1) is 16.5. The van der Waals surface area contributed by atoms with Crippen LogP contribution in [0.1, 0.15) is 5.56 Å². The van der Waals surface area contributed by atoms with Gasteiger partial charge in [-0.05, 0) is 29.8 Å². The van der Waals surface area contributed by atoms with Gasteiger partial charge in [-0.25, -0.2) is 4.98 Å². The van der Waals surface area contributed by atoms with E-state index in [1.807, 2.05) is 12.3 Å². The summed E-state index contributed by atoms with van der Waals surface area (Å²) in [6, 6.07) is 14.8. The maximum atomic E-state index is 4.44. The zero-order valence-electron chi connectivity index (χ0n) is 14.6. The number of hydrogen-bond donors (Lipinski definition) is 0. The molecule has 3 rings (SSSR count). The number of nitrogens with zero attached hydrogens (tertiary/aromatic N) is 4. The first-order chi connectivity index (χ1) is 11.7. The van der Waals surface area contributed by atoms with Crippen molar-refractivity contribution in [3.63, 3.8) is 0 Å². The lowest BCUT2D eigenvalue weighted by molar-refractivity contribution is 0.283. The van der Waals surface area contributed by atoms with Crippen LogP contribution < -0.4 is 9.80 Å². The Balaban J connectivity index is 1.46. The van der Waals surface area contributed by atoms with Crippen LogP contribution in [0.25, 0.3) is 6.08 Å². The van der Waals surface area contributed by atoms with Crippen LogP contribution in [0.5, 0.6) is 0 Å². The van der Waals surface area contributed by atoms with E-state index in [4.69, 9.17) is 0 Å². The molecule has 0 N–H and O–H groups in total. The Hall–Kier alpha value is -2.33. The van der Waals surface area contributed by atoms with Crippen LogP contribution in [0, 0.1) is 0 Å². The average molecular weight is 322 g/mol. The van der Waals surface area contributed by atoms with Crippen LogP contribution in [0.3, 0.4) is 0 Å². The van der Waals surface area contributed by atoms with Gasteiger partial charge in [0.25, 0.3) is 0 Å². The molecule has 126 valence electrons. The van der Waals surface area contributed by atoms with Gasteiger partial charge in [-0.1, -0.05) is 30.4 Å². The third-order valence-electron chi connectivity index (χ3n) is 4.43. The topological polar surface area (TPSA) is 22.6 Å². The van der Waals surface area contributed by atoms with E-state index in [2.05, 4.69) is 82.3 Å². The van der Waals surface area contributed by atoms with Crippen molar-refractivity contribution < 1.29 is 0 Å². The summed E-state index contributed by atoms with van der Waals surface area (Å²) in [4.78, 5) is 11.4. The molecule has 0 bridgehead atoms. The SMILES string of the molecule is CN(C)c1ccc(C=CCN2CCN(c3ccccn3)CC2)cc1. The van der Waals surface area contributed by atoms with Crippen molar-refractivity contribution in [1.82, 2.24) is 9.88 Å². The zero-order chi connectivity index (χ0) is 16.8. The summed E-state index contributed by atoms with van der Waals surface area (Å²) in [5.41, 5.74) is 2.49. The molecule has 0 unspecified atom stereocenters. The molecule has 0 radical (unpaired) electrons. The molecule has 1 fully saturated rings. The lowest BCUT2D eigenvalue weighted by Gasteiger charge is -2.34. The van der Waals surface area contributed by atoms with Crippen LogP contribution in [-0.4, -0.2) is 56.7 Å². The van der Waals surface area contributed by atoms with Gasteiger partial charge in [0.15, 0.2) is 0 Å².